The average molecular weight is 304 g/mol. The second-order valence-corrected chi connectivity index (χ2v) is 5.53. The largest absolute Gasteiger partial charge is 0.469 e. The molecule has 5 heteroatoms. The lowest BCUT2D eigenvalue weighted by atomic mass is 10.2. The van der Waals surface area contributed by atoms with Gasteiger partial charge in [0.1, 0.15) is 0 Å². The Morgan fingerprint density at radius 2 is 2.10 bits per heavy atom. The van der Waals surface area contributed by atoms with Crippen LogP contribution in [0.15, 0.2) is 35.7 Å². The molecule has 0 aliphatic rings. The molecule has 0 N–H and O–H groups in total. The Balaban J connectivity index is 1.99. The molecule has 0 radical (unpaired) electrons. The van der Waals surface area contributed by atoms with Gasteiger partial charge in [0.25, 0.3) is 0 Å². The smallest absolute Gasteiger partial charge is 0.305 e. The number of carbonyl (C=O) groups is 1. The van der Waals surface area contributed by atoms with Gasteiger partial charge in [-0.3, -0.25) is 4.79 Å². The van der Waals surface area contributed by atoms with E-state index >= 15 is 0 Å². The summed E-state index contributed by atoms with van der Waals surface area (Å²) in [6, 6.07) is 10.4. The Bertz CT molecular complexity index is 569. The maximum Gasteiger partial charge on any atom is 0.305 e. The number of rotatable bonds is 7. The molecule has 2 aromatic rings. The van der Waals surface area contributed by atoms with Gasteiger partial charge in [0.15, 0.2) is 5.13 Å². The van der Waals surface area contributed by atoms with E-state index in [1.807, 2.05) is 23.6 Å². The topological polar surface area (TPSA) is 42.4 Å². The van der Waals surface area contributed by atoms with E-state index in [0.717, 1.165) is 23.9 Å². The molecule has 2 rings (SSSR count). The van der Waals surface area contributed by atoms with Gasteiger partial charge in [0.2, 0.25) is 0 Å². The molecule has 21 heavy (non-hydrogen) atoms. The van der Waals surface area contributed by atoms with Crippen molar-refractivity contribution in [1.29, 1.82) is 0 Å². The predicted molar refractivity (Wildman–Crippen MR) is 85.6 cm³/mol. The highest BCUT2D eigenvalue weighted by molar-refractivity contribution is 7.13. The van der Waals surface area contributed by atoms with E-state index in [2.05, 4.69) is 33.7 Å². The van der Waals surface area contributed by atoms with Gasteiger partial charge in [0.05, 0.1) is 19.2 Å². The van der Waals surface area contributed by atoms with Gasteiger partial charge in [-0.15, -0.1) is 11.3 Å². The van der Waals surface area contributed by atoms with E-state index < -0.39 is 0 Å². The van der Waals surface area contributed by atoms with Crippen LogP contribution in [-0.2, 0) is 22.5 Å². The maximum absolute atomic E-state index is 11.2. The van der Waals surface area contributed by atoms with Crippen LogP contribution in [0.4, 0.5) is 5.13 Å². The van der Waals surface area contributed by atoms with Crippen molar-refractivity contribution in [3.05, 3.63) is 47.0 Å². The van der Waals surface area contributed by atoms with E-state index in [0.29, 0.717) is 12.8 Å². The molecule has 0 saturated heterocycles. The minimum absolute atomic E-state index is 0.193. The van der Waals surface area contributed by atoms with Crippen molar-refractivity contribution < 1.29 is 9.53 Å². The van der Waals surface area contributed by atoms with E-state index in [1.165, 1.54) is 12.7 Å². The Hall–Kier alpha value is -1.88. The number of anilines is 1. The van der Waals surface area contributed by atoms with Crippen LogP contribution in [-0.4, -0.2) is 24.6 Å². The van der Waals surface area contributed by atoms with Crippen molar-refractivity contribution in [3.8, 4) is 0 Å². The van der Waals surface area contributed by atoms with E-state index in [-0.39, 0.29) is 5.97 Å². The lowest BCUT2D eigenvalue weighted by molar-refractivity contribution is -0.140. The fourth-order valence-electron chi connectivity index (χ4n) is 2.01. The molecule has 0 aliphatic carbocycles. The van der Waals surface area contributed by atoms with Gasteiger partial charge >= 0.3 is 5.97 Å². The van der Waals surface area contributed by atoms with E-state index in [4.69, 9.17) is 0 Å². The fourth-order valence-corrected chi connectivity index (χ4v) is 2.93. The number of benzene rings is 1. The average Bonchev–Trinajstić information content (AvgIpc) is 3.00. The molecule has 1 aromatic heterocycles. The molecule has 0 saturated carbocycles. The first-order valence-electron chi connectivity index (χ1n) is 7.03. The van der Waals surface area contributed by atoms with Crippen molar-refractivity contribution in [1.82, 2.24) is 4.98 Å². The molecule has 1 heterocycles. The highest BCUT2D eigenvalue weighted by atomic mass is 32.1. The molecule has 0 fully saturated rings. The zero-order valence-electron chi connectivity index (χ0n) is 12.4. The number of carbonyl (C=O) groups excluding carboxylic acids is 1. The lowest BCUT2D eigenvalue weighted by Crippen LogP contribution is -2.21. The van der Waals surface area contributed by atoms with E-state index in [9.17, 15) is 4.79 Å². The summed E-state index contributed by atoms with van der Waals surface area (Å²) in [5.74, 6) is -0.193. The summed E-state index contributed by atoms with van der Waals surface area (Å²) < 4.78 is 4.65. The summed E-state index contributed by atoms with van der Waals surface area (Å²) in [6.45, 7) is 3.87. The standard InChI is InChI=1S/C16H20N2O2S/c1-3-18(11-13-7-5-4-6-8-13)16-17-14(12-21-16)9-10-15(19)20-2/h4-8,12H,3,9-11H2,1-2H3. The van der Waals surface area contributed by atoms with Gasteiger partial charge in [-0.25, -0.2) is 4.98 Å². The summed E-state index contributed by atoms with van der Waals surface area (Å²) in [5.41, 5.74) is 2.22. The summed E-state index contributed by atoms with van der Waals surface area (Å²) in [5, 5.41) is 3.02. The van der Waals surface area contributed by atoms with Crippen molar-refractivity contribution in [2.75, 3.05) is 18.6 Å². The number of methoxy groups -OCH3 is 1. The van der Waals surface area contributed by atoms with Gasteiger partial charge < -0.3 is 9.64 Å². The van der Waals surface area contributed by atoms with E-state index in [1.54, 1.807) is 11.3 Å². The van der Waals surface area contributed by atoms with Crippen LogP contribution in [0.2, 0.25) is 0 Å². The molecule has 112 valence electrons. The third-order valence-corrected chi connectivity index (χ3v) is 4.17. The summed E-state index contributed by atoms with van der Waals surface area (Å²) >= 11 is 1.62. The Morgan fingerprint density at radius 3 is 2.76 bits per heavy atom. The SMILES string of the molecule is CCN(Cc1ccccc1)c1nc(CCC(=O)OC)cs1. The summed E-state index contributed by atoms with van der Waals surface area (Å²) in [7, 11) is 1.41. The molecule has 0 aliphatic heterocycles. The highest BCUT2D eigenvalue weighted by Crippen LogP contribution is 2.23. The lowest BCUT2D eigenvalue weighted by Gasteiger charge is -2.19. The van der Waals surface area contributed by atoms with Crippen LogP contribution in [0.5, 0.6) is 0 Å². The number of esters is 1. The van der Waals surface area contributed by atoms with Crippen LogP contribution in [0, 0.1) is 0 Å². The zero-order valence-corrected chi connectivity index (χ0v) is 13.2. The highest BCUT2D eigenvalue weighted by Gasteiger charge is 2.11. The minimum Gasteiger partial charge on any atom is -0.469 e. The first-order chi connectivity index (χ1) is 10.2. The van der Waals surface area contributed by atoms with Crippen LogP contribution >= 0.6 is 11.3 Å². The molecule has 0 amide bonds. The van der Waals surface area contributed by atoms with Gasteiger partial charge in [-0.1, -0.05) is 30.3 Å². The number of ether oxygens (including phenoxy) is 1. The molecule has 0 unspecified atom stereocenters. The number of aromatic nitrogens is 1. The maximum atomic E-state index is 11.2. The van der Waals surface area contributed by atoms with Crippen LogP contribution in [0.25, 0.3) is 0 Å². The van der Waals surface area contributed by atoms with Crippen LogP contribution in [0.1, 0.15) is 24.6 Å². The molecule has 0 spiro atoms. The Morgan fingerprint density at radius 1 is 1.33 bits per heavy atom. The second kappa shape index (κ2) is 7.78. The van der Waals surface area contributed by atoms with Gasteiger partial charge in [0, 0.05) is 24.9 Å². The summed E-state index contributed by atoms with van der Waals surface area (Å²) in [4.78, 5) is 18.0. The molecular weight excluding hydrogens is 284 g/mol. The molecule has 0 atom stereocenters. The van der Waals surface area contributed by atoms with Crippen molar-refractivity contribution in [2.24, 2.45) is 0 Å². The number of hydrogen-bond acceptors (Lipinski definition) is 5. The first-order valence-corrected chi connectivity index (χ1v) is 7.91. The Labute approximate surface area is 129 Å². The van der Waals surface area contributed by atoms with Gasteiger partial charge in [-0.2, -0.15) is 0 Å². The normalized spacial score (nSPS) is 10.4. The Kier molecular flexibility index (Phi) is 5.75. The fraction of sp³-hybridized carbons (Fsp3) is 0.375. The minimum atomic E-state index is -0.193. The third kappa shape index (κ3) is 4.56. The third-order valence-electron chi connectivity index (χ3n) is 3.22. The number of thiazole rings is 1. The molecule has 1 aromatic carbocycles. The van der Waals surface area contributed by atoms with Crippen LogP contribution in [0.3, 0.4) is 0 Å². The zero-order chi connectivity index (χ0) is 15.1. The number of nitrogens with zero attached hydrogens (tertiary/aromatic N) is 2. The molecule has 0 bridgehead atoms. The predicted octanol–water partition coefficient (Wildman–Crippen LogP) is 3.28. The molecule has 4 nitrogen and oxygen atoms in total. The monoisotopic (exact) mass is 304 g/mol. The van der Waals surface area contributed by atoms with Crippen molar-refractivity contribution in [3.63, 3.8) is 0 Å². The van der Waals surface area contributed by atoms with Crippen molar-refractivity contribution in [2.45, 2.75) is 26.3 Å². The first kappa shape index (κ1) is 15.5. The molecular formula is C16H20N2O2S. The van der Waals surface area contributed by atoms with Gasteiger partial charge in [-0.05, 0) is 12.5 Å². The van der Waals surface area contributed by atoms with Crippen molar-refractivity contribution >= 4 is 22.4 Å². The number of aryl methyl sites for hydroxylation is 1. The summed E-state index contributed by atoms with van der Waals surface area (Å²) in [6.07, 6.45) is 1.01. The van der Waals surface area contributed by atoms with Crippen LogP contribution < -0.4 is 4.90 Å². The number of hydrogen-bond donors (Lipinski definition) is 0. The quantitative estimate of drug-likeness (QED) is 0.736. The second-order valence-electron chi connectivity index (χ2n) is 4.70.